The largest absolute Gasteiger partial charge is 0.450 e. The van der Waals surface area contributed by atoms with E-state index in [0.29, 0.717) is 5.01 Å². The Bertz CT molecular complexity index is 601. The van der Waals surface area contributed by atoms with E-state index in [-0.39, 0.29) is 19.1 Å². The second-order valence-corrected chi connectivity index (χ2v) is 7.35. The van der Waals surface area contributed by atoms with Crippen LogP contribution < -0.4 is 0 Å². The average Bonchev–Trinajstić information content (AvgIpc) is 3.00. The molecule has 1 aliphatic heterocycles. The van der Waals surface area contributed by atoms with Crippen LogP contribution in [0, 0.1) is 13.8 Å². The second kappa shape index (κ2) is 6.71. The van der Waals surface area contributed by atoms with E-state index in [1.807, 2.05) is 23.3 Å². The van der Waals surface area contributed by atoms with Gasteiger partial charge in [0.2, 0.25) is 0 Å². The first-order valence-corrected chi connectivity index (χ1v) is 8.51. The van der Waals surface area contributed by atoms with E-state index in [9.17, 15) is 14.7 Å². The van der Waals surface area contributed by atoms with Crippen molar-refractivity contribution in [1.82, 2.24) is 9.88 Å². The van der Waals surface area contributed by atoms with Crippen LogP contribution in [0.15, 0.2) is 0 Å². The van der Waals surface area contributed by atoms with Gasteiger partial charge in [-0.1, -0.05) is 0 Å². The van der Waals surface area contributed by atoms with Gasteiger partial charge in [-0.25, -0.2) is 14.6 Å². The summed E-state index contributed by atoms with van der Waals surface area (Å²) >= 11 is 1.36. The first-order chi connectivity index (χ1) is 10.7. The summed E-state index contributed by atoms with van der Waals surface area (Å²) in [4.78, 5) is 30.8. The third-order valence-electron chi connectivity index (χ3n) is 3.73. The summed E-state index contributed by atoms with van der Waals surface area (Å²) in [5.74, 6) is -0.614. The van der Waals surface area contributed by atoms with E-state index in [1.165, 1.54) is 16.2 Å². The summed E-state index contributed by atoms with van der Waals surface area (Å²) in [5, 5.41) is 11.4. The lowest BCUT2D eigenvalue weighted by Gasteiger charge is -2.23. The van der Waals surface area contributed by atoms with Crippen molar-refractivity contribution in [3.05, 3.63) is 15.6 Å². The Balaban J connectivity index is 2.31. The molecule has 1 aromatic rings. The fourth-order valence-corrected chi connectivity index (χ4v) is 3.62. The standard InChI is InChI=1S/C14H21N2O5PS/c1-7(2)20-13(18)16-6-14(19,5-10(16)11(17)21-22)12-15-8(3)9(4)23-12/h7,10,19H,5-6,22H2,1-4H3/t10-,14-/m0/s1. The molecule has 2 rings (SSSR count). The lowest BCUT2D eigenvalue weighted by atomic mass is 10.0. The highest BCUT2D eigenvalue weighted by Gasteiger charge is 2.51. The minimum absolute atomic E-state index is 0.0276. The molecule has 3 atom stereocenters. The molecular formula is C14H21N2O5PS. The molecule has 0 spiro atoms. The maximum absolute atomic E-state index is 12.2. The van der Waals surface area contributed by atoms with E-state index in [4.69, 9.17) is 4.74 Å². The molecule has 0 radical (unpaired) electrons. The molecule has 1 saturated heterocycles. The SMILES string of the molecule is Cc1nc([C@]2(O)C[C@@H](C(=O)OP)N(C(=O)OC(C)C)C2)sc1C. The number of hydrogen-bond acceptors (Lipinski definition) is 7. The summed E-state index contributed by atoms with van der Waals surface area (Å²) in [5.41, 5.74) is -0.560. The first-order valence-electron chi connectivity index (χ1n) is 7.22. The smallest absolute Gasteiger partial charge is 0.410 e. The van der Waals surface area contributed by atoms with Gasteiger partial charge in [-0.3, -0.25) is 4.90 Å². The number of β-amino-alcohol motifs (C(OH)–C–C–N with tert-alkyl or cyclic N) is 1. The minimum atomic E-state index is -1.39. The molecule has 0 saturated carbocycles. The molecule has 128 valence electrons. The molecule has 9 heteroatoms. The Morgan fingerprint density at radius 1 is 1.48 bits per heavy atom. The van der Waals surface area contributed by atoms with E-state index >= 15 is 0 Å². The third kappa shape index (κ3) is 3.65. The molecular weight excluding hydrogens is 339 g/mol. The maximum atomic E-state index is 12.2. The summed E-state index contributed by atoms with van der Waals surface area (Å²) in [6.07, 6.45) is -0.950. The summed E-state index contributed by atoms with van der Waals surface area (Å²) in [7, 11) is 1.87. The van der Waals surface area contributed by atoms with Crippen molar-refractivity contribution in [3.63, 3.8) is 0 Å². The number of aromatic nitrogens is 1. The highest BCUT2D eigenvalue weighted by Crippen LogP contribution is 2.39. The van der Waals surface area contributed by atoms with Crippen molar-refractivity contribution in [2.75, 3.05) is 6.54 Å². The molecule has 1 unspecified atom stereocenters. The topological polar surface area (TPSA) is 89.0 Å². The zero-order chi connectivity index (χ0) is 17.4. The number of carbonyl (C=O) groups is 2. The molecule has 1 aliphatic rings. The Hall–Kier alpha value is -1.24. The zero-order valence-corrected chi connectivity index (χ0v) is 15.5. The van der Waals surface area contributed by atoms with Gasteiger partial charge in [-0.2, -0.15) is 0 Å². The molecule has 1 N–H and O–H groups in total. The van der Waals surface area contributed by atoms with Crippen LogP contribution in [0.2, 0.25) is 0 Å². The van der Waals surface area contributed by atoms with Crippen LogP contribution >= 0.6 is 20.8 Å². The second-order valence-electron chi connectivity index (χ2n) is 5.91. The summed E-state index contributed by atoms with van der Waals surface area (Å²) in [6.45, 7) is 7.14. The fraction of sp³-hybridized carbons (Fsp3) is 0.643. The van der Waals surface area contributed by atoms with Crippen LogP contribution in [-0.2, 0) is 19.7 Å². The molecule has 1 fully saturated rings. The fourth-order valence-electron chi connectivity index (χ4n) is 2.46. The van der Waals surface area contributed by atoms with Crippen molar-refractivity contribution < 1.29 is 24.0 Å². The number of amides is 1. The number of thiazole rings is 1. The van der Waals surface area contributed by atoms with E-state index < -0.39 is 23.7 Å². The van der Waals surface area contributed by atoms with Gasteiger partial charge in [0.05, 0.1) is 27.8 Å². The number of nitrogens with zero attached hydrogens (tertiary/aromatic N) is 2. The summed E-state index contributed by atoms with van der Waals surface area (Å²) in [6, 6.07) is -0.909. The number of carbonyl (C=O) groups excluding carboxylic acids is 2. The number of aliphatic hydroxyl groups is 1. The van der Waals surface area contributed by atoms with Crippen LogP contribution in [0.1, 0.15) is 35.8 Å². The Kier molecular flexibility index (Phi) is 5.28. The molecule has 2 heterocycles. The van der Waals surface area contributed by atoms with Gasteiger partial charge in [0.25, 0.3) is 0 Å². The van der Waals surface area contributed by atoms with Crippen molar-refractivity contribution in [2.45, 2.75) is 51.9 Å². The van der Waals surface area contributed by atoms with Crippen LogP contribution in [0.3, 0.4) is 0 Å². The monoisotopic (exact) mass is 360 g/mol. The normalized spacial score (nSPS) is 24.1. The number of ether oxygens (including phenoxy) is 1. The van der Waals surface area contributed by atoms with Gasteiger partial charge in [-0.05, 0) is 27.7 Å². The quantitative estimate of drug-likeness (QED) is 0.828. The van der Waals surface area contributed by atoms with Gasteiger partial charge < -0.3 is 14.4 Å². The average molecular weight is 360 g/mol. The van der Waals surface area contributed by atoms with E-state index in [2.05, 4.69) is 9.51 Å². The molecule has 0 aliphatic carbocycles. The van der Waals surface area contributed by atoms with E-state index in [0.717, 1.165) is 10.6 Å². The molecule has 1 amide bonds. The van der Waals surface area contributed by atoms with Gasteiger partial charge in [0.15, 0.2) is 0 Å². The van der Waals surface area contributed by atoms with Crippen LogP contribution in [0.4, 0.5) is 4.79 Å². The predicted octanol–water partition coefficient (Wildman–Crippen LogP) is 1.90. The molecule has 23 heavy (non-hydrogen) atoms. The van der Waals surface area contributed by atoms with Crippen LogP contribution in [0.25, 0.3) is 0 Å². The van der Waals surface area contributed by atoms with E-state index in [1.54, 1.807) is 13.8 Å². The highest BCUT2D eigenvalue weighted by atomic mass is 32.1. The minimum Gasteiger partial charge on any atom is -0.450 e. The number of rotatable bonds is 3. The van der Waals surface area contributed by atoms with Crippen LogP contribution in [0.5, 0.6) is 0 Å². The van der Waals surface area contributed by atoms with Crippen molar-refractivity contribution >= 4 is 32.9 Å². The van der Waals surface area contributed by atoms with Crippen molar-refractivity contribution in [2.24, 2.45) is 0 Å². The van der Waals surface area contributed by atoms with Crippen LogP contribution in [-0.4, -0.2) is 45.7 Å². The van der Waals surface area contributed by atoms with Gasteiger partial charge in [0.1, 0.15) is 16.7 Å². The Labute approximate surface area is 141 Å². The molecule has 0 aromatic carbocycles. The van der Waals surface area contributed by atoms with Gasteiger partial charge in [-0.15, -0.1) is 11.3 Å². The maximum Gasteiger partial charge on any atom is 0.410 e. The number of likely N-dealkylation sites (tertiary alicyclic amines) is 1. The van der Waals surface area contributed by atoms with Crippen molar-refractivity contribution in [3.8, 4) is 0 Å². The molecule has 7 nitrogen and oxygen atoms in total. The molecule has 0 bridgehead atoms. The molecule has 1 aromatic heterocycles. The lowest BCUT2D eigenvalue weighted by molar-refractivity contribution is -0.138. The number of hydrogen-bond donors (Lipinski definition) is 1. The lowest BCUT2D eigenvalue weighted by Crippen LogP contribution is -2.42. The highest BCUT2D eigenvalue weighted by molar-refractivity contribution is 7.11. The Morgan fingerprint density at radius 3 is 2.61 bits per heavy atom. The number of aryl methyl sites for hydroxylation is 2. The predicted molar refractivity (Wildman–Crippen MR) is 88.0 cm³/mol. The first kappa shape index (κ1) is 18.1. The Morgan fingerprint density at radius 2 is 2.13 bits per heavy atom. The summed E-state index contributed by atoms with van der Waals surface area (Å²) < 4.78 is 9.84. The van der Waals surface area contributed by atoms with Crippen molar-refractivity contribution in [1.29, 1.82) is 0 Å². The zero-order valence-electron chi connectivity index (χ0n) is 13.5. The third-order valence-corrected chi connectivity index (χ3v) is 5.22. The van der Waals surface area contributed by atoms with Gasteiger partial charge in [0, 0.05) is 11.3 Å². The van der Waals surface area contributed by atoms with Gasteiger partial charge >= 0.3 is 12.1 Å².